The molecular formula is C14H14N4. The van der Waals surface area contributed by atoms with Crippen molar-refractivity contribution < 1.29 is 0 Å². The van der Waals surface area contributed by atoms with Gasteiger partial charge in [-0.15, -0.1) is 0 Å². The van der Waals surface area contributed by atoms with E-state index in [9.17, 15) is 0 Å². The highest BCUT2D eigenvalue weighted by Gasteiger charge is 2.14. The summed E-state index contributed by atoms with van der Waals surface area (Å²) in [7, 11) is 0. The first-order valence-electron chi connectivity index (χ1n) is 5.83. The lowest BCUT2D eigenvalue weighted by Crippen LogP contribution is -1.98. The zero-order valence-electron chi connectivity index (χ0n) is 10.4. The van der Waals surface area contributed by atoms with Crippen molar-refractivity contribution >= 4 is 16.9 Å². The van der Waals surface area contributed by atoms with Crippen molar-refractivity contribution in [3.05, 3.63) is 41.7 Å². The van der Waals surface area contributed by atoms with E-state index in [1.165, 1.54) is 0 Å². The molecule has 4 heteroatoms. The Morgan fingerprint density at radius 1 is 1.17 bits per heavy atom. The molecule has 0 unspecified atom stereocenters. The number of para-hydroxylation sites is 1. The molecule has 0 saturated carbocycles. The molecule has 0 radical (unpaired) electrons. The average molecular weight is 238 g/mol. The Morgan fingerprint density at radius 3 is 2.78 bits per heavy atom. The summed E-state index contributed by atoms with van der Waals surface area (Å²) in [5.74, 6) is 0.306. The number of H-pyrrole nitrogens is 1. The van der Waals surface area contributed by atoms with Gasteiger partial charge in [0.15, 0.2) is 0 Å². The molecule has 3 rings (SSSR count). The van der Waals surface area contributed by atoms with Gasteiger partial charge in [-0.3, -0.25) is 0 Å². The molecule has 2 heterocycles. The van der Waals surface area contributed by atoms with E-state index in [0.717, 1.165) is 33.4 Å². The fraction of sp³-hybridized carbons (Fsp3) is 0.143. The molecule has 0 spiro atoms. The van der Waals surface area contributed by atoms with Crippen molar-refractivity contribution in [1.82, 2.24) is 15.0 Å². The van der Waals surface area contributed by atoms with Crippen LogP contribution < -0.4 is 5.73 Å². The van der Waals surface area contributed by atoms with Crippen molar-refractivity contribution in [2.75, 3.05) is 5.73 Å². The van der Waals surface area contributed by atoms with Crippen LogP contribution in [0.15, 0.2) is 30.5 Å². The van der Waals surface area contributed by atoms with E-state index in [2.05, 4.69) is 27.1 Å². The van der Waals surface area contributed by atoms with E-state index in [0.29, 0.717) is 5.95 Å². The number of aromatic nitrogens is 3. The van der Waals surface area contributed by atoms with Crippen LogP contribution in [0, 0.1) is 13.8 Å². The summed E-state index contributed by atoms with van der Waals surface area (Å²) in [5, 5.41) is 1.16. The molecule has 1 aromatic carbocycles. The van der Waals surface area contributed by atoms with Gasteiger partial charge in [0, 0.05) is 28.4 Å². The second-order valence-electron chi connectivity index (χ2n) is 4.43. The van der Waals surface area contributed by atoms with Gasteiger partial charge in [-0.05, 0) is 25.5 Å². The zero-order chi connectivity index (χ0) is 12.7. The van der Waals surface area contributed by atoms with Crippen molar-refractivity contribution in [2.24, 2.45) is 0 Å². The minimum Gasteiger partial charge on any atom is -0.368 e. The third kappa shape index (κ3) is 1.54. The van der Waals surface area contributed by atoms with Gasteiger partial charge in [0.1, 0.15) is 0 Å². The molecule has 3 aromatic rings. The average Bonchev–Trinajstić information content (AvgIpc) is 2.68. The Hall–Kier alpha value is -2.36. The standard InChI is InChI=1S/C14H14N4/c1-8-7-16-14(15)18-13(8)12-9(2)17-11-6-4-3-5-10(11)12/h3-7,17H,1-2H3,(H2,15,16,18). The predicted octanol–water partition coefficient (Wildman–Crippen LogP) is 2.82. The van der Waals surface area contributed by atoms with Gasteiger partial charge in [-0.1, -0.05) is 18.2 Å². The number of anilines is 1. The first kappa shape index (κ1) is 10.8. The smallest absolute Gasteiger partial charge is 0.220 e. The number of aryl methyl sites for hydroxylation is 2. The van der Waals surface area contributed by atoms with Gasteiger partial charge in [0.25, 0.3) is 0 Å². The van der Waals surface area contributed by atoms with Gasteiger partial charge < -0.3 is 10.7 Å². The molecule has 4 nitrogen and oxygen atoms in total. The summed E-state index contributed by atoms with van der Waals surface area (Å²) in [5.41, 5.74) is 10.9. The number of hydrogen-bond donors (Lipinski definition) is 2. The fourth-order valence-corrected chi connectivity index (χ4v) is 2.29. The van der Waals surface area contributed by atoms with Crippen molar-refractivity contribution in [3.8, 4) is 11.3 Å². The van der Waals surface area contributed by atoms with E-state index in [4.69, 9.17) is 5.73 Å². The molecule has 0 bridgehead atoms. The molecule has 2 aromatic heterocycles. The molecule has 0 aliphatic carbocycles. The third-order valence-electron chi connectivity index (χ3n) is 3.12. The lowest BCUT2D eigenvalue weighted by molar-refractivity contribution is 1.15. The summed E-state index contributed by atoms with van der Waals surface area (Å²) in [6.45, 7) is 4.04. The third-order valence-corrected chi connectivity index (χ3v) is 3.12. The normalized spacial score (nSPS) is 11.0. The summed E-state index contributed by atoms with van der Waals surface area (Å²) in [6.07, 6.45) is 1.76. The fourth-order valence-electron chi connectivity index (χ4n) is 2.29. The summed E-state index contributed by atoms with van der Waals surface area (Å²) in [6, 6.07) is 8.19. The Morgan fingerprint density at radius 2 is 1.94 bits per heavy atom. The Bertz CT molecular complexity index is 728. The monoisotopic (exact) mass is 238 g/mol. The van der Waals surface area contributed by atoms with Crippen molar-refractivity contribution in [3.63, 3.8) is 0 Å². The van der Waals surface area contributed by atoms with Crippen LogP contribution in [-0.4, -0.2) is 15.0 Å². The van der Waals surface area contributed by atoms with Crippen LogP contribution in [0.2, 0.25) is 0 Å². The number of rotatable bonds is 1. The predicted molar refractivity (Wildman–Crippen MR) is 73.2 cm³/mol. The van der Waals surface area contributed by atoms with Gasteiger partial charge in [-0.2, -0.15) is 0 Å². The molecule has 0 aliphatic heterocycles. The molecule has 0 atom stereocenters. The van der Waals surface area contributed by atoms with Crippen LogP contribution in [0.4, 0.5) is 5.95 Å². The highest BCUT2D eigenvalue weighted by molar-refractivity contribution is 5.97. The molecule has 0 saturated heterocycles. The van der Waals surface area contributed by atoms with Crippen molar-refractivity contribution in [2.45, 2.75) is 13.8 Å². The van der Waals surface area contributed by atoms with Crippen LogP contribution >= 0.6 is 0 Å². The Balaban J connectivity index is 2.37. The zero-order valence-corrected chi connectivity index (χ0v) is 10.4. The van der Waals surface area contributed by atoms with E-state index >= 15 is 0 Å². The van der Waals surface area contributed by atoms with Crippen LogP contribution in [0.1, 0.15) is 11.3 Å². The molecule has 18 heavy (non-hydrogen) atoms. The van der Waals surface area contributed by atoms with Gasteiger partial charge in [0.05, 0.1) is 5.69 Å². The first-order chi connectivity index (χ1) is 8.66. The Labute approximate surface area is 105 Å². The minimum atomic E-state index is 0.306. The van der Waals surface area contributed by atoms with E-state index in [-0.39, 0.29) is 0 Å². The maximum atomic E-state index is 5.70. The van der Waals surface area contributed by atoms with Crippen LogP contribution in [0.5, 0.6) is 0 Å². The maximum absolute atomic E-state index is 5.70. The molecular weight excluding hydrogens is 224 g/mol. The molecule has 0 fully saturated rings. The van der Waals surface area contributed by atoms with Gasteiger partial charge in [0.2, 0.25) is 5.95 Å². The topological polar surface area (TPSA) is 67.6 Å². The van der Waals surface area contributed by atoms with Crippen molar-refractivity contribution in [1.29, 1.82) is 0 Å². The first-order valence-corrected chi connectivity index (χ1v) is 5.83. The number of fused-ring (bicyclic) bond motifs is 1. The highest BCUT2D eigenvalue weighted by atomic mass is 15.0. The lowest BCUT2D eigenvalue weighted by Gasteiger charge is -2.05. The van der Waals surface area contributed by atoms with E-state index in [1.807, 2.05) is 26.0 Å². The SMILES string of the molecule is Cc1cnc(N)nc1-c1c(C)[nH]c2ccccc12. The second-order valence-corrected chi connectivity index (χ2v) is 4.43. The largest absolute Gasteiger partial charge is 0.368 e. The molecule has 90 valence electrons. The van der Waals surface area contributed by atoms with Crippen LogP contribution in [0.25, 0.3) is 22.2 Å². The molecule has 0 aliphatic rings. The Kier molecular flexibility index (Phi) is 2.30. The van der Waals surface area contributed by atoms with Crippen LogP contribution in [-0.2, 0) is 0 Å². The molecule has 3 N–H and O–H groups in total. The number of benzene rings is 1. The number of nitrogens with two attached hydrogens (primary N) is 1. The molecule has 0 amide bonds. The minimum absolute atomic E-state index is 0.306. The van der Waals surface area contributed by atoms with E-state index < -0.39 is 0 Å². The van der Waals surface area contributed by atoms with Crippen LogP contribution in [0.3, 0.4) is 0 Å². The van der Waals surface area contributed by atoms with E-state index in [1.54, 1.807) is 6.20 Å². The lowest BCUT2D eigenvalue weighted by atomic mass is 10.0. The number of aromatic amines is 1. The second kappa shape index (κ2) is 3.84. The summed E-state index contributed by atoms with van der Waals surface area (Å²) < 4.78 is 0. The van der Waals surface area contributed by atoms with Gasteiger partial charge in [-0.25, -0.2) is 9.97 Å². The number of nitrogens with one attached hydrogen (secondary N) is 1. The maximum Gasteiger partial charge on any atom is 0.220 e. The quantitative estimate of drug-likeness (QED) is 0.685. The number of hydrogen-bond acceptors (Lipinski definition) is 3. The number of nitrogen functional groups attached to an aromatic ring is 1. The summed E-state index contributed by atoms with van der Waals surface area (Å²) in [4.78, 5) is 11.8. The number of nitrogens with zero attached hydrogens (tertiary/aromatic N) is 2. The van der Waals surface area contributed by atoms with Gasteiger partial charge >= 0.3 is 0 Å². The highest BCUT2D eigenvalue weighted by Crippen LogP contribution is 2.32. The summed E-state index contributed by atoms with van der Waals surface area (Å²) >= 11 is 0.